The molecule has 0 radical (unpaired) electrons. The molecule has 0 saturated carbocycles. The molecule has 0 fully saturated rings. The Morgan fingerprint density at radius 3 is 2.37 bits per heavy atom. The average molecular weight is 264 g/mol. The van der Waals surface area contributed by atoms with Gasteiger partial charge in [-0.2, -0.15) is 0 Å². The van der Waals surface area contributed by atoms with Gasteiger partial charge in [-0.15, -0.1) is 0 Å². The Balaban J connectivity index is 2.61. The van der Waals surface area contributed by atoms with Crippen LogP contribution in [-0.4, -0.2) is 60.0 Å². The van der Waals surface area contributed by atoms with Gasteiger partial charge < -0.3 is 14.9 Å². The van der Waals surface area contributed by atoms with Crippen molar-refractivity contribution in [3.8, 4) is 0 Å². The summed E-state index contributed by atoms with van der Waals surface area (Å²) in [4.78, 5) is 26.9. The number of likely N-dealkylation sites (N-methyl/N-ethyl adjacent to an activating group) is 2. The minimum atomic E-state index is -0.186. The van der Waals surface area contributed by atoms with Gasteiger partial charge in [0, 0.05) is 25.7 Å². The lowest BCUT2D eigenvalue weighted by Gasteiger charge is -2.23. The Labute approximate surface area is 113 Å². The van der Waals surface area contributed by atoms with Gasteiger partial charge in [-0.05, 0) is 19.1 Å². The van der Waals surface area contributed by atoms with Crippen LogP contribution >= 0.6 is 0 Å². The van der Waals surface area contributed by atoms with Gasteiger partial charge in [0.2, 0.25) is 5.91 Å². The smallest absolute Gasteiger partial charge is 0.254 e. The molecule has 0 aromatic heterocycles. The van der Waals surface area contributed by atoms with Crippen LogP contribution in [0, 0.1) is 0 Å². The van der Waals surface area contributed by atoms with E-state index in [0.29, 0.717) is 18.7 Å². The summed E-state index contributed by atoms with van der Waals surface area (Å²) < 4.78 is 0. The summed E-state index contributed by atoms with van der Waals surface area (Å²) in [5.41, 5.74) is 0.558. The van der Waals surface area contributed by atoms with E-state index >= 15 is 0 Å². The fourth-order valence-corrected chi connectivity index (χ4v) is 1.76. The maximum Gasteiger partial charge on any atom is 0.254 e. The molecule has 1 rings (SSSR count). The van der Waals surface area contributed by atoms with Gasteiger partial charge in [0.05, 0.1) is 13.2 Å². The normalized spacial score (nSPS) is 10.1. The molecule has 19 heavy (non-hydrogen) atoms. The summed E-state index contributed by atoms with van der Waals surface area (Å²) in [6.07, 6.45) is 0. The van der Waals surface area contributed by atoms with E-state index in [0.717, 1.165) is 0 Å². The van der Waals surface area contributed by atoms with Crippen molar-refractivity contribution in [2.45, 2.75) is 6.92 Å². The number of amides is 2. The van der Waals surface area contributed by atoms with Crippen molar-refractivity contribution in [2.24, 2.45) is 0 Å². The molecule has 1 aromatic carbocycles. The molecule has 1 aromatic rings. The molecule has 5 heteroatoms. The van der Waals surface area contributed by atoms with Gasteiger partial charge in [0.1, 0.15) is 0 Å². The quantitative estimate of drug-likeness (QED) is 0.818. The summed E-state index contributed by atoms with van der Waals surface area (Å²) in [6.45, 7) is 2.60. The topological polar surface area (TPSA) is 60.9 Å². The van der Waals surface area contributed by atoms with Gasteiger partial charge in [-0.3, -0.25) is 9.59 Å². The third-order valence-electron chi connectivity index (χ3n) is 2.84. The first kappa shape index (κ1) is 15.2. The Morgan fingerprint density at radius 2 is 1.84 bits per heavy atom. The number of hydrogen-bond acceptors (Lipinski definition) is 3. The molecule has 0 aliphatic rings. The summed E-state index contributed by atoms with van der Waals surface area (Å²) in [6, 6.07) is 8.84. The number of benzene rings is 1. The monoisotopic (exact) mass is 264 g/mol. The molecular formula is C14H20N2O3. The third-order valence-corrected chi connectivity index (χ3v) is 2.84. The average Bonchev–Trinajstić information content (AvgIpc) is 2.44. The second-order valence-corrected chi connectivity index (χ2v) is 4.22. The zero-order valence-corrected chi connectivity index (χ0v) is 11.4. The fraction of sp³-hybridized carbons (Fsp3) is 0.429. The van der Waals surface area contributed by atoms with Crippen LogP contribution in [0.15, 0.2) is 30.3 Å². The van der Waals surface area contributed by atoms with E-state index in [4.69, 9.17) is 5.11 Å². The number of carbonyl (C=O) groups excluding carboxylic acids is 2. The van der Waals surface area contributed by atoms with Crippen molar-refractivity contribution in [3.63, 3.8) is 0 Å². The molecule has 2 amide bonds. The second kappa shape index (κ2) is 7.53. The number of aliphatic hydroxyl groups is 1. The number of rotatable bonds is 6. The van der Waals surface area contributed by atoms with E-state index < -0.39 is 0 Å². The maximum absolute atomic E-state index is 12.1. The van der Waals surface area contributed by atoms with E-state index in [9.17, 15) is 9.59 Å². The van der Waals surface area contributed by atoms with Crippen molar-refractivity contribution >= 4 is 11.8 Å². The number of carbonyl (C=O) groups is 2. The zero-order chi connectivity index (χ0) is 14.3. The summed E-state index contributed by atoms with van der Waals surface area (Å²) in [7, 11) is 1.60. The Kier molecular flexibility index (Phi) is 6.02. The van der Waals surface area contributed by atoms with Gasteiger partial charge in [0.25, 0.3) is 5.91 Å². The van der Waals surface area contributed by atoms with Crippen LogP contribution < -0.4 is 0 Å². The van der Waals surface area contributed by atoms with Crippen LogP contribution in [0.2, 0.25) is 0 Å². The molecule has 0 aliphatic carbocycles. The minimum Gasteiger partial charge on any atom is -0.395 e. The first-order valence-corrected chi connectivity index (χ1v) is 6.29. The van der Waals surface area contributed by atoms with Crippen LogP contribution in [0.25, 0.3) is 0 Å². The summed E-state index contributed by atoms with van der Waals surface area (Å²) in [5.74, 6) is -0.350. The van der Waals surface area contributed by atoms with Crippen molar-refractivity contribution in [1.82, 2.24) is 9.80 Å². The van der Waals surface area contributed by atoms with Gasteiger partial charge in [-0.25, -0.2) is 0 Å². The standard InChI is InChI=1S/C14H20N2O3/c1-3-16(9-10-17)13(18)11-15(2)14(19)12-7-5-4-6-8-12/h4-8,17H,3,9-11H2,1-2H3. The highest BCUT2D eigenvalue weighted by molar-refractivity contribution is 5.96. The first-order valence-electron chi connectivity index (χ1n) is 6.29. The van der Waals surface area contributed by atoms with Crippen LogP contribution in [0.1, 0.15) is 17.3 Å². The van der Waals surface area contributed by atoms with Gasteiger partial charge in [-0.1, -0.05) is 18.2 Å². The molecule has 0 spiro atoms. The highest BCUT2D eigenvalue weighted by atomic mass is 16.3. The van der Waals surface area contributed by atoms with Crippen LogP contribution in [0.4, 0.5) is 0 Å². The van der Waals surface area contributed by atoms with Crippen molar-refractivity contribution in [1.29, 1.82) is 0 Å². The molecule has 0 atom stereocenters. The number of nitrogens with zero attached hydrogens (tertiary/aromatic N) is 2. The Hall–Kier alpha value is -1.88. The van der Waals surface area contributed by atoms with Gasteiger partial charge in [0.15, 0.2) is 0 Å². The largest absolute Gasteiger partial charge is 0.395 e. The Morgan fingerprint density at radius 1 is 1.21 bits per heavy atom. The Bertz CT molecular complexity index is 420. The third kappa shape index (κ3) is 4.37. The zero-order valence-electron chi connectivity index (χ0n) is 11.4. The highest BCUT2D eigenvalue weighted by Crippen LogP contribution is 2.03. The molecule has 0 heterocycles. The van der Waals surface area contributed by atoms with Crippen molar-refractivity contribution in [2.75, 3.05) is 33.3 Å². The second-order valence-electron chi connectivity index (χ2n) is 4.22. The van der Waals surface area contributed by atoms with Crippen molar-refractivity contribution in [3.05, 3.63) is 35.9 Å². The predicted molar refractivity (Wildman–Crippen MR) is 72.7 cm³/mol. The molecule has 1 N–H and O–H groups in total. The first-order chi connectivity index (χ1) is 9.10. The van der Waals surface area contributed by atoms with Crippen LogP contribution in [0.3, 0.4) is 0 Å². The van der Waals surface area contributed by atoms with E-state index in [1.165, 1.54) is 9.80 Å². The summed E-state index contributed by atoms with van der Waals surface area (Å²) >= 11 is 0. The molecule has 0 unspecified atom stereocenters. The lowest BCUT2D eigenvalue weighted by molar-refractivity contribution is -0.132. The van der Waals surface area contributed by atoms with E-state index in [2.05, 4.69) is 0 Å². The molecular weight excluding hydrogens is 244 g/mol. The van der Waals surface area contributed by atoms with Crippen LogP contribution in [0.5, 0.6) is 0 Å². The number of hydrogen-bond donors (Lipinski definition) is 1. The molecule has 0 aliphatic heterocycles. The van der Waals surface area contributed by atoms with Crippen LogP contribution in [-0.2, 0) is 4.79 Å². The van der Waals surface area contributed by atoms with Gasteiger partial charge >= 0.3 is 0 Å². The molecule has 0 saturated heterocycles. The molecule has 104 valence electrons. The minimum absolute atomic E-state index is 0.0154. The van der Waals surface area contributed by atoms with E-state index in [1.807, 2.05) is 13.0 Å². The fourth-order valence-electron chi connectivity index (χ4n) is 1.76. The molecule has 0 bridgehead atoms. The summed E-state index contributed by atoms with van der Waals surface area (Å²) in [5, 5.41) is 8.86. The lowest BCUT2D eigenvalue weighted by Crippen LogP contribution is -2.42. The van der Waals surface area contributed by atoms with E-state index in [-0.39, 0.29) is 25.0 Å². The lowest BCUT2D eigenvalue weighted by atomic mass is 10.2. The SMILES string of the molecule is CCN(CCO)C(=O)CN(C)C(=O)c1ccccc1. The van der Waals surface area contributed by atoms with Crippen molar-refractivity contribution < 1.29 is 14.7 Å². The highest BCUT2D eigenvalue weighted by Gasteiger charge is 2.17. The maximum atomic E-state index is 12.1. The molecule has 5 nitrogen and oxygen atoms in total. The number of aliphatic hydroxyl groups excluding tert-OH is 1. The predicted octanol–water partition coefficient (Wildman–Crippen LogP) is 0.599. The van der Waals surface area contributed by atoms with E-state index in [1.54, 1.807) is 31.3 Å².